The second-order valence-corrected chi connectivity index (χ2v) is 39.9. The van der Waals surface area contributed by atoms with Gasteiger partial charge in [-0.15, -0.1) is 0 Å². The molecule has 2 heterocycles. The third-order valence-electron chi connectivity index (χ3n) is 20.4. The Morgan fingerprint density at radius 3 is 1.92 bits per heavy atom. The van der Waals surface area contributed by atoms with Gasteiger partial charge in [-0.25, -0.2) is 48.4 Å². The second kappa shape index (κ2) is 38.6. The number of unbranched alkanes of at least 4 members (excludes halogenated alkanes) is 2. The van der Waals surface area contributed by atoms with Crippen molar-refractivity contribution in [2.45, 2.75) is 212 Å². The predicted molar refractivity (Wildman–Crippen MR) is 420 cm³/mol. The van der Waals surface area contributed by atoms with E-state index in [9.17, 15) is 93.0 Å². The van der Waals surface area contributed by atoms with Crippen LogP contribution >= 0.6 is 0 Å². The average molecular weight is 1730 g/mol. The summed E-state index contributed by atoms with van der Waals surface area (Å²) in [5, 5.41) is 25.8. The number of sulfonamides is 1. The number of rotatable bonds is 39. The van der Waals surface area contributed by atoms with Gasteiger partial charge in [-0.3, -0.25) is 28.0 Å². The second-order valence-electron chi connectivity index (χ2n) is 30.4. The minimum absolute atomic E-state index is 0.00883. The lowest BCUT2D eigenvalue weighted by Gasteiger charge is -2.28. The maximum absolute atomic E-state index is 15.9. The number of allylic oxidation sites excluding steroid dienone is 7. The Balaban J connectivity index is 0.961. The van der Waals surface area contributed by atoms with Crippen molar-refractivity contribution in [2.24, 2.45) is 11.1 Å². The van der Waals surface area contributed by atoms with E-state index in [0.717, 1.165) is 19.3 Å². The number of fused-ring (bicyclic) bond motifs is 2. The number of hydrogen-bond donors (Lipinski definition) is 9. The highest BCUT2D eigenvalue weighted by Gasteiger charge is 2.46. The van der Waals surface area contributed by atoms with Crippen molar-refractivity contribution >= 4 is 107 Å². The molecule has 115 heavy (non-hydrogen) atoms. The van der Waals surface area contributed by atoms with Gasteiger partial charge in [0.1, 0.15) is 35.0 Å². The lowest BCUT2D eigenvalue weighted by Crippen LogP contribution is -2.52. The van der Waals surface area contributed by atoms with Crippen LogP contribution in [0.4, 0.5) is 30.2 Å². The van der Waals surface area contributed by atoms with Gasteiger partial charge in [0.2, 0.25) is 33.4 Å². The van der Waals surface area contributed by atoms with Crippen LogP contribution in [0.1, 0.15) is 174 Å². The summed E-state index contributed by atoms with van der Waals surface area (Å²) in [5.74, 6) is -11.9. The molecule has 0 spiro atoms. The summed E-state index contributed by atoms with van der Waals surface area (Å²) < 4.78 is 251. The number of carbonyl (C=O) groups excluding carboxylic acids is 3. The molecule has 0 aromatic heterocycles. The molecule has 1 fully saturated rings. The number of primary sulfonamides is 1. The molecular weight excluding hydrogens is 1630 g/mol. The maximum atomic E-state index is 15.9. The van der Waals surface area contributed by atoms with Crippen LogP contribution < -0.4 is 36.0 Å². The summed E-state index contributed by atoms with van der Waals surface area (Å²) in [6.45, 7) is 11.0. The van der Waals surface area contributed by atoms with Crippen molar-refractivity contribution in [3.8, 4) is 5.75 Å². The van der Waals surface area contributed by atoms with E-state index >= 15 is 13.2 Å². The quantitative estimate of drug-likeness (QED) is 0.00869. The van der Waals surface area contributed by atoms with Gasteiger partial charge in [0.05, 0.1) is 49.1 Å². The fraction of sp³-hybridized carbons (Fsp3) is 0.513. The Hall–Kier alpha value is -7.96. The topological polar surface area (TPSA) is 476 Å². The van der Waals surface area contributed by atoms with Gasteiger partial charge in [-0.1, -0.05) is 78.0 Å². The van der Waals surface area contributed by atoms with Crippen molar-refractivity contribution in [1.29, 1.82) is 0 Å². The minimum atomic E-state index is -5.23. The van der Waals surface area contributed by atoms with Crippen LogP contribution in [0.3, 0.4) is 0 Å². The molecule has 2 atom stereocenters. The number of halogens is 3. The summed E-state index contributed by atoms with van der Waals surface area (Å²) in [5.41, 5.74) is 2.12. The Bertz CT molecular complexity index is 5220. The third-order valence-corrected chi connectivity index (χ3v) is 26.4. The van der Waals surface area contributed by atoms with Crippen LogP contribution in [0.5, 0.6) is 5.75 Å². The third kappa shape index (κ3) is 25.1. The van der Waals surface area contributed by atoms with Gasteiger partial charge < -0.3 is 45.3 Å². The van der Waals surface area contributed by atoms with Gasteiger partial charge in [-0.05, 0) is 161 Å². The van der Waals surface area contributed by atoms with E-state index in [4.69, 9.17) is 14.6 Å². The van der Waals surface area contributed by atoms with Crippen molar-refractivity contribution in [3.05, 3.63) is 142 Å². The molecule has 0 radical (unpaired) electrons. The lowest BCUT2D eigenvalue weighted by atomic mass is 9.81. The zero-order chi connectivity index (χ0) is 85.0. The first-order chi connectivity index (χ1) is 53.6. The average Bonchev–Trinajstić information content (AvgIpc) is 1.71. The number of hydrogen-bond acceptors (Lipinski definition) is 21. The van der Waals surface area contributed by atoms with Gasteiger partial charge in [0.25, 0.3) is 30.4 Å². The molecule has 3 amide bonds. The van der Waals surface area contributed by atoms with E-state index in [1.807, 2.05) is 61.5 Å². The van der Waals surface area contributed by atoms with Crippen LogP contribution in [0.15, 0.2) is 127 Å². The van der Waals surface area contributed by atoms with Crippen molar-refractivity contribution in [3.63, 3.8) is 0 Å². The van der Waals surface area contributed by atoms with E-state index in [2.05, 4.69) is 21.3 Å². The number of amides is 3. The number of aliphatic carboxylic acids is 1. The SMILES string of the molecule is CC(C)C[C@H](NC(=O)CCCOCCNC(=O)CCS(=O)(=O)c1c(F)c(F)c(S(N)(=O)=O)c(F)c1NC1CCCCCCC1)C(=O)N[C@@H](Cc1ccc(OC2=C(/C=C/C3=[N+](CCCCS(=O)(=O)O)c4ccc(S(=O)(=O)O)cc4C3(C)C)CCC/C2=C\C=C2\N(CCCCS(=O)(=O)[O-])c3ccc(S(=O)(=O)O)cc3C2(C)C)cc1)C(=O)O. The summed E-state index contributed by atoms with van der Waals surface area (Å²) in [4.78, 5) is 50.9. The summed E-state index contributed by atoms with van der Waals surface area (Å²) in [6, 6.07) is 11.3. The molecule has 2 aliphatic carbocycles. The zero-order valence-electron chi connectivity index (χ0n) is 64.6. The first kappa shape index (κ1) is 92.5. The smallest absolute Gasteiger partial charge is 0.326 e. The summed E-state index contributed by atoms with van der Waals surface area (Å²) in [6.07, 6.45) is 12.8. The first-order valence-electron chi connectivity index (χ1n) is 37.6. The van der Waals surface area contributed by atoms with Gasteiger partial charge >= 0.3 is 5.97 Å². The fourth-order valence-corrected chi connectivity index (χ4v) is 18.9. The molecule has 8 rings (SSSR count). The van der Waals surface area contributed by atoms with Gasteiger partial charge in [0.15, 0.2) is 37.9 Å². The number of ether oxygens (including phenoxy) is 2. The fourth-order valence-electron chi connectivity index (χ4n) is 14.6. The highest BCUT2D eigenvalue weighted by Crippen LogP contribution is 2.50. The highest BCUT2D eigenvalue weighted by atomic mass is 32.2. The van der Waals surface area contributed by atoms with Gasteiger partial charge in [0, 0.05) is 91.7 Å². The molecule has 0 unspecified atom stereocenters. The first-order valence-corrected chi connectivity index (χ1v) is 46.9. The standard InChI is InChI=1S/C76H100F3N7O23S6/c1-48(2)44-58(83-65(88)22-17-39-108-40-36-81-64(87)35-43-110(92,93)72-67(78)66(77)71(113(80,100)101)68(79)69(72)82-52-20-10-8-7-9-11-21-52)73(89)84-59(74(90)91)45-49-23-27-53(28-24-49)109-70-50(25-33-62-75(3,4)56-46-54(114(102,103)104)29-31-60(56)85(62)37-12-14-41-111(94,95)96)18-16-19-51(70)26-34-63-76(5,6)57-47-55(115(105,106)107)30-32-61(57)86(63)38-13-15-42-112(97,98)99/h23-34,46-48,52,58-59,82H,7-22,35-45H2,1-6H3,(H9-,80,81,83,84,87,88,89,90,91,94,95,96,97,98,99,100,101,102,103,104,105,106,107)/t58-,59-/m0/s1. The van der Waals surface area contributed by atoms with Crippen LogP contribution in [0.2, 0.25) is 0 Å². The molecule has 0 saturated heterocycles. The number of sulfone groups is 1. The number of nitrogens with one attached hydrogen (secondary N) is 4. The molecule has 30 nitrogen and oxygen atoms in total. The summed E-state index contributed by atoms with van der Waals surface area (Å²) in [7, 11) is -28.5. The van der Waals surface area contributed by atoms with E-state index in [-0.39, 0.29) is 106 Å². The van der Waals surface area contributed by atoms with Crippen molar-refractivity contribution in [2.75, 3.05) is 60.3 Å². The Morgan fingerprint density at radius 2 is 1.30 bits per heavy atom. The number of nitrogens with zero attached hydrogens (tertiary/aromatic N) is 2. The number of carbonyl (C=O) groups is 4. The maximum Gasteiger partial charge on any atom is 0.326 e. The highest BCUT2D eigenvalue weighted by molar-refractivity contribution is 7.91. The van der Waals surface area contributed by atoms with Crippen LogP contribution in [-0.4, -0.2) is 176 Å². The molecule has 0 bridgehead atoms. The van der Waals surface area contributed by atoms with Crippen molar-refractivity contribution < 1.29 is 120 Å². The predicted octanol–water partition coefficient (Wildman–Crippen LogP) is 9.24. The molecule has 39 heteroatoms. The minimum Gasteiger partial charge on any atom is -0.748 e. The van der Waals surface area contributed by atoms with Crippen LogP contribution in [0, 0.1) is 23.4 Å². The monoisotopic (exact) mass is 1730 g/mol. The van der Waals surface area contributed by atoms with E-state index < -0.39 is 170 Å². The number of benzene rings is 4. The largest absolute Gasteiger partial charge is 0.748 e. The molecule has 1 saturated carbocycles. The number of nitrogens with two attached hydrogens (primary N) is 1. The molecule has 4 aromatic carbocycles. The molecular formula is C76H100F3N7O23S6. The number of carboxylic acid groups (broad SMARTS) is 1. The Morgan fingerprint density at radius 1 is 0.678 bits per heavy atom. The zero-order valence-corrected chi connectivity index (χ0v) is 69.5. The molecule has 4 aromatic rings. The van der Waals surface area contributed by atoms with E-state index in [0.29, 0.717) is 101 Å². The molecule has 4 aliphatic rings. The van der Waals surface area contributed by atoms with Crippen LogP contribution in [0.25, 0.3) is 0 Å². The molecule has 2 aliphatic heterocycles. The summed E-state index contributed by atoms with van der Waals surface area (Å²) >= 11 is 0. The number of carboxylic acids is 1. The Labute approximate surface area is 669 Å². The van der Waals surface area contributed by atoms with E-state index in [1.165, 1.54) is 36.4 Å². The van der Waals surface area contributed by atoms with Crippen molar-refractivity contribution in [1.82, 2.24) is 16.0 Å². The molecule has 10 N–H and O–H groups in total. The van der Waals surface area contributed by atoms with Gasteiger partial charge in [-0.2, -0.15) is 29.8 Å². The Kier molecular flexibility index (Phi) is 31.1. The lowest BCUT2D eigenvalue weighted by molar-refractivity contribution is -0.438. The normalized spacial score (nSPS) is 17.7. The molecule has 634 valence electrons. The number of anilines is 2. The van der Waals surface area contributed by atoms with Crippen LogP contribution in [-0.2, 0) is 101 Å². The van der Waals surface area contributed by atoms with E-state index in [1.54, 1.807) is 38.1 Å².